The summed E-state index contributed by atoms with van der Waals surface area (Å²) in [4.78, 5) is -0.135. The molecule has 4 nitrogen and oxygen atoms in total. The third kappa shape index (κ3) is 5.71. The predicted octanol–water partition coefficient (Wildman–Crippen LogP) is 2.57. The largest absolute Gasteiger partial charge is 0.316 e. The Balaban J connectivity index is 0.00000220. The molecule has 120 valence electrons. The second-order valence-electron chi connectivity index (χ2n) is 5.00. The average molecular weight is 357 g/mol. The van der Waals surface area contributed by atoms with Crippen molar-refractivity contribution in [2.45, 2.75) is 24.2 Å². The van der Waals surface area contributed by atoms with Crippen molar-refractivity contribution in [3.05, 3.63) is 29.0 Å². The van der Waals surface area contributed by atoms with Crippen LogP contribution in [-0.2, 0) is 10.0 Å². The second kappa shape index (κ2) is 8.29. The molecule has 0 bridgehead atoms. The van der Waals surface area contributed by atoms with Gasteiger partial charge in [-0.1, -0.05) is 11.6 Å². The van der Waals surface area contributed by atoms with Crippen LogP contribution in [0.2, 0.25) is 5.02 Å². The van der Waals surface area contributed by atoms with E-state index in [1.807, 2.05) is 0 Å². The molecule has 1 aliphatic heterocycles. The molecule has 21 heavy (non-hydrogen) atoms. The lowest BCUT2D eigenvalue weighted by Gasteiger charge is -2.22. The highest BCUT2D eigenvalue weighted by Gasteiger charge is 2.17. The number of halogens is 3. The quantitative estimate of drug-likeness (QED) is 0.852. The van der Waals surface area contributed by atoms with Gasteiger partial charge in [-0.2, -0.15) is 0 Å². The molecular formula is C13H19Cl2FN2O2S. The van der Waals surface area contributed by atoms with E-state index in [2.05, 4.69) is 10.0 Å². The molecule has 1 aromatic carbocycles. The zero-order valence-electron chi connectivity index (χ0n) is 11.4. The first-order valence-electron chi connectivity index (χ1n) is 6.64. The molecule has 2 rings (SSSR count). The minimum Gasteiger partial charge on any atom is -0.316 e. The first kappa shape index (κ1) is 18.6. The third-order valence-electron chi connectivity index (χ3n) is 3.39. The summed E-state index contributed by atoms with van der Waals surface area (Å²) < 4.78 is 39.7. The summed E-state index contributed by atoms with van der Waals surface area (Å²) in [5.74, 6) is -0.170. The van der Waals surface area contributed by atoms with Gasteiger partial charge in [-0.25, -0.2) is 17.5 Å². The van der Waals surface area contributed by atoms with Crippen molar-refractivity contribution >= 4 is 34.0 Å². The van der Waals surface area contributed by atoms with Crippen molar-refractivity contribution in [3.63, 3.8) is 0 Å². The third-order valence-corrected chi connectivity index (χ3v) is 5.05. The number of rotatable bonds is 5. The van der Waals surface area contributed by atoms with Crippen molar-refractivity contribution in [1.29, 1.82) is 0 Å². The lowest BCUT2D eigenvalue weighted by atomic mass is 9.96. The Morgan fingerprint density at radius 3 is 2.76 bits per heavy atom. The summed E-state index contributed by atoms with van der Waals surface area (Å²) in [6, 6.07) is 3.29. The summed E-state index contributed by atoms with van der Waals surface area (Å²) in [5, 5.41) is 3.36. The number of piperidine rings is 1. The molecular weight excluding hydrogens is 338 g/mol. The van der Waals surface area contributed by atoms with E-state index in [1.54, 1.807) is 0 Å². The van der Waals surface area contributed by atoms with Crippen LogP contribution in [0.4, 0.5) is 4.39 Å². The predicted molar refractivity (Wildman–Crippen MR) is 84.1 cm³/mol. The van der Waals surface area contributed by atoms with Gasteiger partial charge in [0.05, 0.1) is 4.90 Å². The van der Waals surface area contributed by atoms with Gasteiger partial charge in [0.25, 0.3) is 0 Å². The van der Waals surface area contributed by atoms with Crippen LogP contribution in [0.15, 0.2) is 23.1 Å². The van der Waals surface area contributed by atoms with Gasteiger partial charge < -0.3 is 5.32 Å². The molecule has 1 saturated heterocycles. The molecule has 0 amide bonds. The van der Waals surface area contributed by atoms with Crippen molar-refractivity contribution in [2.75, 3.05) is 19.6 Å². The lowest BCUT2D eigenvalue weighted by Crippen LogP contribution is -2.33. The van der Waals surface area contributed by atoms with Gasteiger partial charge in [0.2, 0.25) is 10.0 Å². The van der Waals surface area contributed by atoms with E-state index in [0.29, 0.717) is 12.5 Å². The Morgan fingerprint density at radius 1 is 1.38 bits per heavy atom. The molecule has 1 heterocycles. The number of benzene rings is 1. The summed E-state index contributed by atoms with van der Waals surface area (Å²) in [5.41, 5.74) is 0. The van der Waals surface area contributed by atoms with Crippen LogP contribution in [0.3, 0.4) is 0 Å². The number of hydrogen-bond acceptors (Lipinski definition) is 3. The van der Waals surface area contributed by atoms with Crippen molar-refractivity contribution in [3.8, 4) is 0 Å². The number of sulfonamides is 1. The smallest absolute Gasteiger partial charge is 0.240 e. The number of nitrogens with one attached hydrogen (secondary N) is 2. The number of hydrogen-bond donors (Lipinski definition) is 2. The Kier molecular flexibility index (Phi) is 7.36. The van der Waals surface area contributed by atoms with Crippen LogP contribution in [0, 0.1) is 11.7 Å². The van der Waals surface area contributed by atoms with E-state index < -0.39 is 15.8 Å². The van der Waals surface area contributed by atoms with E-state index in [-0.39, 0.29) is 22.3 Å². The van der Waals surface area contributed by atoms with Crippen LogP contribution < -0.4 is 10.0 Å². The van der Waals surface area contributed by atoms with Gasteiger partial charge in [-0.05, 0) is 56.5 Å². The van der Waals surface area contributed by atoms with Gasteiger partial charge >= 0.3 is 0 Å². The topological polar surface area (TPSA) is 58.2 Å². The average Bonchev–Trinajstić information content (AvgIpc) is 2.38. The molecule has 0 saturated carbocycles. The summed E-state index contributed by atoms with van der Waals surface area (Å²) in [6.07, 6.45) is 3.01. The Labute approximate surface area is 135 Å². The van der Waals surface area contributed by atoms with Gasteiger partial charge in [-0.15, -0.1) is 12.4 Å². The molecule has 1 aliphatic rings. The highest BCUT2D eigenvalue weighted by molar-refractivity contribution is 7.89. The minimum atomic E-state index is -3.70. The van der Waals surface area contributed by atoms with Crippen LogP contribution in [0.1, 0.15) is 19.3 Å². The SMILES string of the molecule is Cl.O=S(=O)(NCCC1CCCNC1)c1cc(F)cc(Cl)c1. The summed E-state index contributed by atoms with van der Waals surface area (Å²) in [7, 11) is -3.70. The van der Waals surface area contributed by atoms with Crippen LogP contribution in [0.5, 0.6) is 0 Å². The molecule has 0 radical (unpaired) electrons. The minimum absolute atomic E-state index is 0. The Bertz CT molecular complexity index is 543. The molecule has 1 fully saturated rings. The Morgan fingerprint density at radius 2 is 2.14 bits per heavy atom. The van der Waals surface area contributed by atoms with E-state index in [0.717, 1.165) is 44.5 Å². The van der Waals surface area contributed by atoms with Crippen LogP contribution in [-0.4, -0.2) is 28.1 Å². The van der Waals surface area contributed by atoms with E-state index in [4.69, 9.17) is 11.6 Å². The van der Waals surface area contributed by atoms with E-state index in [9.17, 15) is 12.8 Å². The van der Waals surface area contributed by atoms with Crippen molar-refractivity contribution in [2.24, 2.45) is 5.92 Å². The Hall–Kier alpha value is -0.400. The zero-order valence-corrected chi connectivity index (χ0v) is 13.8. The van der Waals surface area contributed by atoms with Gasteiger partial charge in [0, 0.05) is 11.6 Å². The second-order valence-corrected chi connectivity index (χ2v) is 7.21. The summed E-state index contributed by atoms with van der Waals surface area (Å²) >= 11 is 5.67. The van der Waals surface area contributed by atoms with Gasteiger partial charge in [0.15, 0.2) is 0 Å². The van der Waals surface area contributed by atoms with Crippen molar-refractivity contribution < 1.29 is 12.8 Å². The van der Waals surface area contributed by atoms with Gasteiger partial charge in [-0.3, -0.25) is 0 Å². The summed E-state index contributed by atoms with van der Waals surface area (Å²) in [6.45, 7) is 2.31. The van der Waals surface area contributed by atoms with Gasteiger partial charge in [0.1, 0.15) is 5.82 Å². The first-order chi connectivity index (χ1) is 9.47. The maximum Gasteiger partial charge on any atom is 0.240 e. The van der Waals surface area contributed by atoms with E-state index in [1.165, 1.54) is 6.07 Å². The molecule has 1 aromatic rings. The standard InChI is InChI=1S/C13H18ClFN2O2S.ClH/c14-11-6-12(15)8-13(7-11)20(18,19)17-5-3-10-2-1-4-16-9-10;/h6-8,10,16-17H,1-5,9H2;1H. The highest BCUT2D eigenvalue weighted by Crippen LogP contribution is 2.18. The fourth-order valence-electron chi connectivity index (χ4n) is 2.33. The molecule has 0 spiro atoms. The van der Waals surface area contributed by atoms with Crippen molar-refractivity contribution in [1.82, 2.24) is 10.0 Å². The molecule has 0 aliphatic carbocycles. The normalized spacial score (nSPS) is 19.0. The molecule has 1 unspecified atom stereocenters. The highest BCUT2D eigenvalue weighted by atomic mass is 35.5. The molecule has 8 heteroatoms. The molecule has 2 N–H and O–H groups in total. The van der Waals surface area contributed by atoms with Crippen LogP contribution in [0.25, 0.3) is 0 Å². The molecule has 0 aromatic heterocycles. The zero-order chi connectivity index (χ0) is 14.6. The first-order valence-corrected chi connectivity index (χ1v) is 8.50. The molecule has 1 atom stereocenters. The fourth-order valence-corrected chi connectivity index (χ4v) is 3.72. The monoisotopic (exact) mass is 356 g/mol. The maximum absolute atomic E-state index is 13.2. The van der Waals surface area contributed by atoms with E-state index >= 15 is 0 Å². The maximum atomic E-state index is 13.2. The fraction of sp³-hybridized carbons (Fsp3) is 0.538. The van der Waals surface area contributed by atoms with Crippen LogP contribution >= 0.6 is 24.0 Å². The lowest BCUT2D eigenvalue weighted by molar-refractivity contribution is 0.358.